The van der Waals surface area contributed by atoms with Gasteiger partial charge >= 0.3 is 0 Å². The number of hydrogen-bond donors (Lipinski definition) is 2. The van der Waals surface area contributed by atoms with Crippen molar-refractivity contribution in [3.8, 4) is 0 Å². The highest BCUT2D eigenvalue weighted by Gasteiger charge is 2.27. The van der Waals surface area contributed by atoms with Gasteiger partial charge in [0.15, 0.2) is 0 Å². The van der Waals surface area contributed by atoms with Crippen LogP contribution in [0.15, 0.2) is 22.7 Å². The summed E-state index contributed by atoms with van der Waals surface area (Å²) in [6, 6.07) is 6.40. The maximum Gasteiger partial charge on any atom is 0.0771 e. The van der Waals surface area contributed by atoms with Gasteiger partial charge in [0, 0.05) is 17.6 Å². The first-order chi connectivity index (χ1) is 9.09. The summed E-state index contributed by atoms with van der Waals surface area (Å²) in [6.07, 6.45) is 6.76. The van der Waals surface area contributed by atoms with Crippen molar-refractivity contribution in [1.29, 1.82) is 0 Å². The van der Waals surface area contributed by atoms with Gasteiger partial charge in [0.05, 0.1) is 5.60 Å². The molecular formula is C16H24BrNO. The second kappa shape index (κ2) is 6.87. The van der Waals surface area contributed by atoms with Crippen molar-refractivity contribution in [1.82, 2.24) is 5.32 Å². The average Bonchev–Trinajstić information content (AvgIpc) is 2.59. The summed E-state index contributed by atoms with van der Waals surface area (Å²) in [7, 11) is 0. The monoisotopic (exact) mass is 325 g/mol. The molecule has 2 rings (SSSR count). The molecule has 0 atom stereocenters. The molecule has 0 heterocycles. The molecule has 2 nitrogen and oxygen atoms in total. The van der Waals surface area contributed by atoms with Crippen LogP contribution in [0.2, 0.25) is 0 Å². The van der Waals surface area contributed by atoms with Crippen molar-refractivity contribution >= 4 is 15.9 Å². The highest BCUT2D eigenvalue weighted by Crippen LogP contribution is 2.26. The Balaban J connectivity index is 1.83. The van der Waals surface area contributed by atoms with Crippen LogP contribution in [-0.2, 0) is 6.54 Å². The van der Waals surface area contributed by atoms with E-state index in [2.05, 4.69) is 46.4 Å². The summed E-state index contributed by atoms with van der Waals surface area (Å²) in [5, 5.41) is 14.0. The van der Waals surface area contributed by atoms with Gasteiger partial charge in [-0.2, -0.15) is 0 Å². The minimum Gasteiger partial charge on any atom is -0.389 e. The average molecular weight is 326 g/mol. The number of nitrogens with one attached hydrogen (secondary N) is 1. The second-order valence-electron chi connectivity index (χ2n) is 5.83. The van der Waals surface area contributed by atoms with E-state index in [4.69, 9.17) is 0 Å². The molecule has 1 aliphatic rings. The van der Waals surface area contributed by atoms with Crippen LogP contribution in [-0.4, -0.2) is 17.3 Å². The molecule has 0 amide bonds. The molecule has 0 radical (unpaired) electrons. The molecule has 1 aromatic carbocycles. The molecule has 0 aromatic heterocycles. The Morgan fingerprint density at radius 1 is 1.21 bits per heavy atom. The number of benzene rings is 1. The first kappa shape index (κ1) is 15.0. The molecule has 106 valence electrons. The Labute approximate surface area is 124 Å². The lowest BCUT2D eigenvalue weighted by Crippen LogP contribution is -2.39. The van der Waals surface area contributed by atoms with E-state index in [0.29, 0.717) is 6.54 Å². The zero-order valence-corrected chi connectivity index (χ0v) is 13.3. The first-order valence-electron chi connectivity index (χ1n) is 7.27. The molecule has 0 saturated heterocycles. The molecule has 19 heavy (non-hydrogen) atoms. The molecule has 1 aromatic rings. The van der Waals surface area contributed by atoms with E-state index in [9.17, 15) is 5.11 Å². The van der Waals surface area contributed by atoms with E-state index in [1.165, 1.54) is 24.0 Å². The van der Waals surface area contributed by atoms with E-state index in [-0.39, 0.29) is 0 Å². The van der Waals surface area contributed by atoms with Gasteiger partial charge in [-0.1, -0.05) is 53.7 Å². The number of hydrogen-bond acceptors (Lipinski definition) is 2. The standard InChI is InChI=1S/C16H24BrNO/c1-13-10-14(6-7-15(13)17)11-18-12-16(19)8-4-2-3-5-9-16/h6-7,10,18-19H,2-5,8-9,11-12H2,1H3. The number of aliphatic hydroxyl groups is 1. The minimum absolute atomic E-state index is 0.485. The van der Waals surface area contributed by atoms with Crippen molar-refractivity contribution in [2.45, 2.75) is 57.6 Å². The zero-order valence-electron chi connectivity index (χ0n) is 11.7. The van der Waals surface area contributed by atoms with Gasteiger partial charge in [0.25, 0.3) is 0 Å². The summed E-state index contributed by atoms with van der Waals surface area (Å²) in [5.41, 5.74) is 2.05. The van der Waals surface area contributed by atoms with E-state index < -0.39 is 5.60 Å². The van der Waals surface area contributed by atoms with Crippen LogP contribution >= 0.6 is 15.9 Å². The normalized spacial score (nSPS) is 19.1. The quantitative estimate of drug-likeness (QED) is 0.822. The highest BCUT2D eigenvalue weighted by molar-refractivity contribution is 9.10. The molecule has 0 aliphatic heterocycles. The fourth-order valence-corrected chi connectivity index (χ4v) is 3.07. The first-order valence-corrected chi connectivity index (χ1v) is 8.06. The van der Waals surface area contributed by atoms with Crippen molar-refractivity contribution in [3.05, 3.63) is 33.8 Å². The Bertz CT molecular complexity index is 411. The van der Waals surface area contributed by atoms with E-state index in [1.54, 1.807) is 0 Å². The van der Waals surface area contributed by atoms with Crippen molar-refractivity contribution < 1.29 is 5.11 Å². The van der Waals surface area contributed by atoms with E-state index >= 15 is 0 Å². The summed E-state index contributed by atoms with van der Waals surface area (Å²) in [6.45, 7) is 3.64. The van der Waals surface area contributed by atoms with Crippen LogP contribution in [0.3, 0.4) is 0 Å². The van der Waals surface area contributed by atoms with Gasteiger partial charge < -0.3 is 10.4 Å². The van der Waals surface area contributed by atoms with Gasteiger partial charge in [-0.05, 0) is 37.0 Å². The van der Waals surface area contributed by atoms with Crippen molar-refractivity contribution in [2.24, 2.45) is 0 Å². The lowest BCUT2D eigenvalue weighted by atomic mass is 9.94. The predicted octanol–water partition coefficient (Wildman–Crippen LogP) is 3.93. The SMILES string of the molecule is Cc1cc(CNCC2(O)CCCCCC2)ccc1Br. The largest absolute Gasteiger partial charge is 0.389 e. The van der Waals surface area contributed by atoms with E-state index in [1.807, 2.05) is 0 Å². The predicted molar refractivity (Wildman–Crippen MR) is 83.2 cm³/mol. The summed E-state index contributed by atoms with van der Waals surface area (Å²) < 4.78 is 1.15. The zero-order chi connectivity index (χ0) is 13.7. The second-order valence-corrected chi connectivity index (χ2v) is 6.68. The molecule has 0 unspecified atom stereocenters. The molecule has 1 fully saturated rings. The Kier molecular flexibility index (Phi) is 5.43. The molecule has 1 aliphatic carbocycles. The number of rotatable bonds is 4. The van der Waals surface area contributed by atoms with Crippen LogP contribution in [0, 0.1) is 6.92 Å². The third-order valence-corrected chi connectivity index (χ3v) is 4.93. The lowest BCUT2D eigenvalue weighted by molar-refractivity contribution is 0.0250. The Hall–Kier alpha value is -0.380. The highest BCUT2D eigenvalue weighted by atomic mass is 79.9. The maximum absolute atomic E-state index is 10.6. The molecule has 0 spiro atoms. The fourth-order valence-electron chi connectivity index (χ4n) is 2.82. The van der Waals surface area contributed by atoms with Gasteiger partial charge in [0.1, 0.15) is 0 Å². The van der Waals surface area contributed by atoms with Crippen LogP contribution in [0.5, 0.6) is 0 Å². The fraction of sp³-hybridized carbons (Fsp3) is 0.625. The van der Waals surface area contributed by atoms with E-state index in [0.717, 1.165) is 36.7 Å². The number of halogens is 1. The van der Waals surface area contributed by atoms with Crippen LogP contribution < -0.4 is 5.32 Å². The van der Waals surface area contributed by atoms with Crippen molar-refractivity contribution in [3.63, 3.8) is 0 Å². The van der Waals surface area contributed by atoms with Gasteiger partial charge in [-0.3, -0.25) is 0 Å². The van der Waals surface area contributed by atoms with Crippen LogP contribution in [0.1, 0.15) is 49.7 Å². The van der Waals surface area contributed by atoms with Gasteiger partial charge in [0.2, 0.25) is 0 Å². The van der Waals surface area contributed by atoms with Crippen molar-refractivity contribution in [2.75, 3.05) is 6.54 Å². The summed E-state index contributed by atoms with van der Waals surface area (Å²) in [4.78, 5) is 0. The third-order valence-electron chi connectivity index (χ3n) is 4.04. The Morgan fingerprint density at radius 2 is 1.89 bits per heavy atom. The van der Waals surface area contributed by atoms with Gasteiger partial charge in [-0.25, -0.2) is 0 Å². The smallest absolute Gasteiger partial charge is 0.0771 e. The topological polar surface area (TPSA) is 32.3 Å². The summed E-state index contributed by atoms with van der Waals surface area (Å²) in [5.74, 6) is 0. The third kappa shape index (κ3) is 4.59. The maximum atomic E-state index is 10.6. The molecule has 3 heteroatoms. The minimum atomic E-state index is -0.485. The van der Waals surface area contributed by atoms with Gasteiger partial charge in [-0.15, -0.1) is 0 Å². The lowest BCUT2D eigenvalue weighted by Gasteiger charge is -2.27. The molecule has 0 bridgehead atoms. The molecular weight excluding hydrogens is 302 g/mol. The summed E-state index contributed by atoms with van der Waals surface area (Å²) >= 11 is 3.52. The molecule has 1 saturated carbocycles. The number of aryl methyl sites for hydroxylation is 1. The van der Waals surface area contributed by atoms with Crippen LogP contribution in [0.25, 0.3) is 0 Å². The molecule has 2 N–H and O–H groups in total. The Morgan fingerprint density at radius 3 is 2.53 bits per heavy atom. The van der Waals surface area contributed by atoms with Crippen LogP contribution in [0.4, 0.5) is 0 Å².